The zero-order valence-electron chi connectivity index (χ0n) is 27.7. The fourth-order valence-corrected chi connectivity index (χ4v) is 10.5. The monoisotopic (exact) mass is 681 g/mol. The Morgan fingerprint density at radius 3 is 1.96 bits per heavy atom. The average Bonchev–Trinajstić information content (AvgIpc) is 3.85. The highest BCUT2D eigenvalue weighted by atomic mass is 32.1. The predicted molar refractivity (Wildman–Crippen MR) is 212 cm³/mol. The Hall–Kier alpha value is -6.56. The van der Waals surface area contributed by atoms with Gasteiger partial charge in [0.1, 0.15) is 11.5 Å². The Morgan fingerprint density at radius 2 is 1.15 bits per heavy atom. The van der Waals surface area contributed by atoms with E-state index in [0.717, 1.165) is 44.7 Å². The van der Waals surface area contributed by atoms with Crippen LogP contribution in [0.1, 0.15) is 22.3 Å². The van der Waals surface area contributed by atoms with E-state index in [1.165, 1.54) is 53.6 Å². The van der Waals surface area contributed by atoms with Gasteiger partial charge in [0.05, 0.1) is 32.4 Å². The van der Waals surface area contributed by atoms with Gasteiger partial charge < -0.3 is 4.74 Å². The lowest BCUT2D eigenvalue weighted by Gasteiger charge is -2.39. The second-order valence-electron chi connectivity index (χ2n) is 13.6. The molecule has 1 aliphatic carbocycles. The molecule has 0 atom stereocenters. The van der Waals surface area contributed by atoms with Crippen LogP contribution in [-0.2, 0) is 5.41 Å². The quantitative estimate of drug-likeness (QED) is 0.182. The Morgan fingerprint density at radius 1 is 0.519 bits per heavy atom. The molecule has 4 heterocycles. The van der Waals surface area contributed by atoms with Crippen molar-refractivity contribution in [2.24, 2.45) is 0 Å². The minimum absolute atomic E-state index is 0.542. The molecule has 7 aromatic carbocycles. The van der Waals surface area contributed by atoms with Crippen molar-refractivity contribution in [3.8, 4) is 39.1 Å². The number of para-hydroxylation sites is 4. The molecule has 4 nitrogen and oxygen atoms in total. The van der Waals surface area contributed by atoms with E-state index in [1.54, 1.807) is 0 Å². The van der Waals surface area contributed by atoms with Crippen molar-refractivity contribution in [1.29, 1.82) is 0 Å². The van der Waals surface area contributed by atoms with E-state index < -0.39 is 5.41 Å². The summed E-state index contributed by atoms with van der Waals surface area (Å²) in [5, 5.41) is 4.65. The largest absolute Gasteiger partial charge is 0.457 e. The molecule has 3 aromatic heterocycles. The van der Waals surface area contributed by atoms with E-state index in [-0.39, 0.29) is 0 Å². The van der Waals surface area contributed by atoms with Crippen molar-refractivity contribution in [3.05, 3.63) is 186 Å². The van der Waals surface area contributed by atoms with Crippen LogP contribution < -0.4 is 4.74 Å². The smallest absolute Gasteiger partial charge is 0.235 e. The third-order valence-electron chi connectivity index (χ3n) is 11.1. The Labute approximate surface area is 302 Å². The number of aromatic nitrogens is 3. The molecule has 0 N–H and O–H groups in total. The van der Waals surface area contributed by atoms with Gasteiger partial charge in [0, 0.05) is 43.1 Å². The third-order valence-corrected chi connectivity index (χ3v) is 12.3. The van der Waals surface area contributed by atoms with Crippen LogP contribution in [0.25, 0.3) is 70.4 Å². The molecule has 0 bridgehead atoms. The van der Waals surface area contributed by atoms with Gasteiger partial charge in [-0.1, -0.05) is 140 Å². The third kappa shape index (κ3) is 3.50. The minimum atomic E-state index is -0.542. The number of ether oxygens (including phenoxy) is 1. The van der Waals surface area contributed by atoms with Crippen LogP contribution in [0, 0.1) is 0 Å². The summed E-state index contributed by atoms with van der Waals surface area (Å²) in [7, 11) is 0. The van der Waals surface area contributed by atoms with E-state index in [1.807, 2.05) is 17.4 Å². The van der Waals surface area contributed by atoms with Gasteiger partial charge in [0.15, 0.2) is 0 Å². The molecule has 0 unspecified atom stereocenters. The van der Waals surface area contributed by atoms with Crippen LogP contribution in [0.2, 0.25) is 0 Å². The van der Waals surface area contributed by atoms with Gasteiger partial charge in [-0.25, -0.2) is 9.97 Å². The number of fused-ring (bicyclic) bond motifs is 16. The van der Waals surface area contributed by atoms with Gasteiger partial charge >= 0.3 is 0 Å². The number of benzene rings is 7. The highest BCUT2D eigenvalue weighted by molar-refractivity contribution is 7.23. The first-order valence-electron chi connectivity index (χ1n) is 17.6. The second-order valence-corrected chi connectivity index (χ2v) is 14.7. The maximum atomic E-state index is 6.64. The summed E-state index contributed by atoms with van der Waals surface area (Å²) in [5.74, 6) is 2.47. The van der Waals surface area contributed by atoms with E-state index >= 15 is 0 Å². The number of nitrogens with zero attached hydrogens (tertiary/aromatic N) is 3. The lowest BCUT2D eigenvalue weighted by atomic mass is 9.66. The van der Waals surface area contributed by atoms with Crippen LogP contribution in [0.15, 0.2) is 164 Å². The molecule has 0 amide bonds. The summed E-state index contributed by atoms with van der Waals surface area (Å²) in [6.07, 6.45) is 0. The molecule has 0 saturated heterocycles. The maximum Gasteiger partial charge on any atom is 0.235 e. The van der Waals surface area contributed by atoms with E-state index in [9.17, 15) is 0 Å². The van der Waals surface area contributed by atoms with Crippen molar-refractivity contribution in [2.45, 2.75) is 5.41 Å². The zero-order valence-corrected chi connectivity index (χ0v) is 28.6. The molecule has 5 heteroatoms. The summed E-state index contributed by atoms with van der Waals surface area (Å²) >= 11 is 1.89. The normalized spacial score (nSPS) is 13.7. The van der Waals surface area contributed by atoms with Crippen molar-refractivity contribution in [3.63, 3.8) is 0 Å². The standard InChI is InChI=1S/C47H27N3OS/c1-2-14-28(15-3-1)42-32-18-5-10-22-37(32)48-46(49-42)50-38-23-11-6-16-29(38)30-26-27-33-41-44(52-45(33)43(30)50)31-17-4-7-19-34(31)47(41)35-20-8-12-24-39(35)51-40-25-13-9-21-36(40)47/h1-27H. The van der Waals surface area contributed by atoms with Gasteiger partial charge in [-0.3, -0.25) is 4.57 Å². The molecule has 1 spiro atoms. The Kier molecular flexibility index (Phi) is 5.55. The Balaban J connectivity index is 1.25. The summed E-state index contributed by atoms with van der Waals surface area (Å²) in [6.45, 7) is 0. The number of thiophene rings is 1. The van der Waals surface area contributed by atoms with E-state index in [2.05, 4.69) is 162 Å². The van der Waals surface area contributed by atoms with Crippen LogP contribution >= 0.6 is 11.3 Å². The molecule has 242 valence electrons. The highest BCUT2D eigenvalue weighted by Gasteiger charge is 2.53. The lowest BCUT2D eigenvalue weighted by molar-refractivity contribution is 0.437. The number of rotatable bonds is 2. The first kappa shape index (κ1) is 28.2. The molecule has 0 saturated carbocycles. The molecular weight excluding hydrogens is 655 g/mol. The van der Waals surface area contributed by atoms with Crippen molar-refractivity contribution in [2.75, 3.05) is 0 Å². The van der Waals surface area contributed by atoms with E-state index in [0.29, 0.717) is 5.95 Å². The van der Waals surface area contributed by atoms with Crippen LogP contribution in [-0.4, -0.2) is 14.5 Å². The Bertz CT molecular complexity index is 3070. The van der Waals surface area contributed by atoms with Crippen LogP contribution in [0.5, 0.6) is 11.5 Å². The van der Waals surface area contributed by atoms with E-state index in [4.69, 9.17) is 14.7 Å². The van der Waals surface area contributed by atoms with Gasteiger partial charge in [0.2, 0.25) is 5.95 Å². The van der Waals surface area contributed by atoms with Gasteiger partial charge in [-0.05, 0) is 41.0 Å². The molecule has 1 aliphatic heterocycles. The summed E-state index contributed by atoms with van der Waals surface area (Å²) in [5.41, 5.74) is 10.8. The first-order valence-corrected chi connectivity index (χ1v) is 18.4. The fraction of sp³-hybridized carbons (Fsp3) is 0.0213. The zero-order chi connectivity index (χ0) is 34.0. The van der Waals surface area contributed by atoms with Crippen LogP contribution in [0.3, 0.4) is 0 Å². The lowest BCUT2D eigenvalue weighted by Crippen LogP contribution is -2.32. The molecule has 0 radical (unpaired) electrons. The SMILES string of the molecule is c1ccc(-c2nc(-n3c4ccccc4c4ccc5c6c(sc5c43)-c3ccccc3C63c4ccccc4Oc4ccccc43)nc3ccccc23)cc1. The molecule has 0 fully saturated rings. The number of hydrogen-bond acceptors (Lipinski definition) is 4. The van der Waals surface area contributed by atoms with Gasteiger partial charge in [0.25, 0.3) is 0 Å². The van der Waals surface area contributed by atoms with Crippen molar-refractivity contribution < 1.29 is 4.74 Å². The predicted octanol–water partition coefficient (Wildman–Crippen LogP) is 12.1. The fourth-order valence-electron chi connectivity index (χ4n) is 9.05. The van der Waals surface area contributed by atoms with Gasteiger partial charge in [-0.2, -0.15) is 0 Å². The molecule has 12 rings (SSSR count). The van der Waals surface area contributed by atoms with Crippen molar-refractivity contribution in [1.82, 2.24) is 14.5 Å². The highest BCUT2D eigenvalue weighted by Crippen LogP contribution is 2.65. The summed E-state index contributed by atoms with van der Waals surface area (Å²) in [4.78, 5) is 12.0. The maximum absolute atomic E-state index is 6.64. The number of hydrogen-bond donors (Lipinski definition) is 0. The molecule has 52 heavy (non-hydrogen) atoms. The van der Waals surface area contributed by atoms with Crippen LogP contribution in [0.4, 0.5) is 0 Å². The molecule has 2 aliphatic rings. The first-order chi connectivity index (χ1) is 25.8. The summed E-state index contributed by atoms with van der Waals surface area (Å²) in [6, 6.07) is 58.3. The van der Waals surface area contributed by atoms with Gasteiger partial charge in [-0.15, -0.1) is 11.3 Å². The summed E-state index contributed by atoms with van der Waals surface area (Å²) < 4.78 is 10.2. The second kappa shape index (κ2) is 10.3. The average molecular weight is 682 g/mol. The van der Waals surface area contributed by atoms with Crippen molar-refractivity contribution >= 4 is 54.1 Å². The molecular formula is C47H27N3OS. The minimum Gasteiger partial charge on any atom is -0.457 e. The topological polar surface area (TPSA) is 39.9 Å². The molecule has 10 aromatic rings.